The Hall–Kier alpha value is -2.46. The molecule has 3 rings (SSSR count). The Morgan fingerprint density at radius 1 is 1.00 bits per heavy atom. The number of nitrogens with zero attached hydrogens (tertiary/aromatic N) is 2. The maximum absolute atomic E-state index is 9.83. The second kappa shape index (κ2) is 7.42. The van der Waals surface area contributed by atoms with Gasteiger partial charge in [0.25, 0.3) is 0 Å². The number of hydrogen-bond donors (Lipinski definition) is 1. The first kappa shape index (κ1) is 18.3. The lowest BCUT2D eigenvalue weighted by Gasteiger charge is -2.36. The van der Waals surface area contributed by atoms with Crippen LogP contribution in [0.25, 0.3) is 0 Å². The maximum atomic E-state index is 9.83. The first-order valence-corrected chi connectivity index (χ1v) is 9.24. The van der Waals surface area contributed by atoms with Gasteiger partial charge in [0.2, 0.25) is 0 Å². The van der Waals surface area contributed by atoms with Crippen molar-refractivity contribution >= 4 is 21.6 Å². The molecule has 1 unspecified atom stereocenters. The third-order valence-corrected chi connectivity index (χ3v) is 5.38. The van der Waals surface area contributed by atoms with Gasteiger partial charge in [-0.3, -0.25) is 4.98 Å². The number of benzene rings is 2. The van der Waals surface area contributed by atoms with Gasteiger partial charge < -0.3 is 5.21 Å². The highest BCUT2D eigenvalue weighted by molar-refractivity contribution is 9.10. The number of halogens is 1. The normalized spacial score (nSPS) is 14.1. The quantitative estimate of drug-likeness (QED) is 0.344. The van der Waals surface area contributed by atoms with Gasteiger partial charge in [-0.1, -0.05) is 57.5 Å². The van der Waals surface area contributed by atoms with E-state index in [1.54, 1.807) is 6.20 Å². The first-order valence-electron chi connectivity index (χ1n) is 8.44. The van der Waals surface area contributed by atoms with E-state index in [9.17, 15) is 5.21 Å². The summed E-state index contributed by atoms with van der Waals surface area (Å²) >= 11 is 3.52. The standard InChI is InChI=1S/C22H21BrN2O/c1-15-6-4-5-7-21(15)22(17(3)25-26,18-8-10-20(23)11-9-18)19-12-13-24-16(2)14-19/h4-14,26H,1-3H3. The lowest BCUT2D eigenvalue weighted by molar-refractivity contribution is 0.315. The molecule has 1 heterocycles. The van der Waals surface area contributed by atoms with Crippen molar-refractivity contribution in [1.29, 1.82) is 0 Å². The average Bonchev–Trinajstić information content (AvgIpc) is 2.65. The van der Waals surface area contributed by atoms with Gasteiger partial charge in [0.05, 0.1) is 11.1 Å². The molecule has 3 aromatic rings. The fraction of sp³-hybridized carbons (Fsp3) is 0.182. The molecule has 1 N–H and O–H groups in total. The predicted octanol–water partition coefficient (Wildman–Crippen LogP) is 5.65. The fourth-order valence-electron chi connectivity index (χ4n) is 3.64. The van der Waals surface area contributed by atoms with Crippen LogP contribution in [-0.4, -0.2) is 15.9 Å². The van der Waals surface area contributed by atoms with Crippen LogP contribution in [0.4, 0.5) is 0 Å². The Kier molecular flexibility index (Phi) is 5.23. The van der Waals surface area contributed by atoms with Crippen molar-refractivity contribution in [3.8, 4) is 0 Å². The Morgan fingerprint density at radius 3 is 2.31 bits per heavy atom. The summed E-state index contributed by atoms with van der Waals surface area (Å²) in [6, 6.07) is 20.5. The van der Waals surface area contributed by atoms with E-state index in [0.717, 1.165) is 32.4 Å². The summed E-state index contributed by atoms with van der Waals surface area (Å²) < 4.78 is 1.00. The summed E-state index contributed by atoms with van der Waals surface area (Å²) in [5.41, 5.74) is 5.11. The van der Waals surface area contributed by atoms with Crippen molar-refractivity contribution in [1.82, 2.24) is 4.98 Å². The molecule has 0 saturated heterocycles. The van der Waals surface area contributed by atoms with Gasteiger partial charge in [-0.2, -0.15) is 0 Å². The zero-order chi connectivity index (χ0) is 18.7. The second-order valence-electron chi connectivity index (χ2n) is 6.44. The molecule has 3 nitrogen and oxygen atoms in total. The van der Waals surface area contributed by atoms with Gasteiger partial charge in [0.15, 0.2) is 0 Å². The highest BCUT2D eigenvalue weighted by Gasteiger charge is 2.41. The molecule has 26 heavy (non-hydrogen) atoms. The number of aromatic nitrogens is 1. The third kappa shape index (κ3) is 3.06. The number of oxime groups is 1. The Bertz CT molecular complexity index is 950. The van der Waals surface area contributed by atoms with Crippen molar-refractivity contribution in [3.63, 3.8) is 0 Å². The van der Waals surface area contributed by atoms with Gasteiger partial charge in [-0.15, -0.1) is 0 Å². The molecular weight excluding hydrogens is 388 g/mol. The summed E-state index contributed by atoms with van der Waals surface area (Å²) in [7, 11) is 0. The number of pyridine rings is 1. The van der Waals surface area contributed by atoms with E-state index in [1.807, 2.05) is 44.2 Å². The summed E-state index contributed by atoms with van der Waals surface area (Å²) in [5.74, 6) is 0. The summed E-state index contributed by atoms with van der Waals surface area (Å²) in [4.78, 5) is 4.35. The number of hydrogen-bond acceptors (Lipinski definition) is 3. The summed E-state index contributed by atoms with van der Waals surface area (Å²) in [5, 5.41) is 13.5. The van der Waals surface area contributed by atoms with Crippen LogP contribution in [0.3, 0.4) is 0 Å². The minimum Gasteiger partial charge on any atom is -0.411 e. The molecule has 0 fully saturated rings. The van der Waals surface area contributed by atoms with Crippen LogP contribution in [-0.2, 0) is 5.41 Å². The second-order valence-corrected chi connectivity index (χ2v) is 7.36. The van der Waals surface area contributed by atoms with Crippen LogP contribution in [0.1, 0.15) is 34.9 Å². The van der Waals surface area contributed by atoms with Gasteiger partial charge in [0.1, 0.15) is 0 Å². The molecule has 1 atom stereocenters. The van der Waals surface area contributed by atoms with Crippen molar-refractivity contribution < 1.29 is 5.21 Å². The Labute approximate surface area is 162 Å². The van der Waals surface area contributed by atoms with Crippen molar-refractivity contribution in [2.75, 3.05) is 0 Å². The van der Waals surface area contributed by atoms with E-state index in [1.165, 1.54) is 0 Å². The van der Waals surface area contributed by atoms with Crippen molar-refractivity contribution in [3.05, 3.63) is 99.3 Å². The molecule has 0 spiro atoms. The first-order chi connectivity index (χ1) is 12.5. The minimum atomic E-state index is -0.700. The summed E-state index contributed by atoms with van der Waals surface area (Å²) in [6.07, 6.45) is 1.81. The average molecular weight is 409 g/mol. The molecule has 0 amide bonds. The highest BCUT2D eigenvalue weighted by atomic mass is 79.9. The zero-order valence-electron chi connectivity index (χ0n) is 15.1. The van der Waals surface area contributed by atoms with E-state index < -0.39 is 5.41 Å². The Balaban J connectivity index is 2.47. The maximum Gasteiger partial charge on any atom is 0.0868 e. The van der Waals surface area contributed by atoms with Crippen LogP contribution < -0.4 is 0 Å². The fourth-order valence-corrected chi connectivity index (χ4v) is 3.90. The van der Waals surface area contributed by atoms with E-state index in [2.05, 4.69) is 63.3 Å². The topological polar surface area (TPSA) is 45.5 Å². The van der Waals surface area contributed by atoms with E-state index >= 15 is 0 Å². The van der Waals surface area contributed by atoms with E-state index in [4.69, 9.17) is 0 Å². The Morgan fingerprint density at radius 2 is 1.69 bits per heavy atom. The van der Waals surface area contributed by atoms with Crippen molar-refractivity contribution in [2.24, 2.45) is 5.16 Å². The molecular formula is C22H21BrN2O. The van der Waals surface area contributed by atoms with Crippen LogP contribution in [0.15, 0.2) is 76.5 Å². The van der Waals surface area contributed by atoms with Crippen LogP contribution >= 0.6 is 15.9 Å². The molecule has 2 aromatic carbocycles. The SMILES string of the molecule is CC(=NO)C(c1ccc(Br)cc1)(c1ccnc(C)c1)c1ccccc1C. The van der Waals surface area contributed by atoms with Crippen LogP contribution in [0.5, 0.6) is 0 Å². The van der Waals surface area contributed by atoms with Crippen molar-refractivity contribution in [2.45, 2.75) is 26.2 Å². The third-order valence-electron chi connectivity index (χ3n) is 4.85. The molecule has 0 saturated carbocycles. The van der Waals surface area contributed by atoms with Crippen LogP contribution in [0, 0.1) is 13.8 Å². The lowest BCUT2D eigenvalue weighted by Crippen LogP contribution is -2.38. The molecule has 0 radical (unpaired) electrons. The lowest BCUT2D eigenvalue weighted by atomic mass is 9.65. The molecule has 0 aliphatic carbocycles. The van der Waals surface area contributed by atoms with E-state index in [0.29, 0.717) is 5.71 Å². The number of rotatable bonds is 4. The molecule has 0 bridgehead atoms. The van der Waals surface area contributed by atoms with Gasteiger partial charge in [-0.25, -0.2) is 0 Å². The number of aryl methyl sites for hydroxylation is 2. The van der Waals surface area contributed by atoms with Gasteiger partial charge in [-0.05, 0) is 67.3 Å². The zero-order valence-corrected chi connectivity index (χ0v) is 16.7. The molecule has 1 aromatic heterocycles. The van der Waals surface area contributed by atoms with Gasteiger partial charge >= 0.3 is 0 Å². The minimum absolute atomic E-state index is 0.611. The molecule has 132 valence electrons. The summed E-state index contributed by atoms with van der Waals surface area (Å²) in [6.45, 7) is 5.92. The molecule has 4 heteroatoms. The smallest absolute Gasteiger partial charge is 0.0868 e. The van der Waals surface area contributed by atoms with Crippen LogP contribution in [0.2, 0.25) is 0 Å². The highest BCUT2D eigenvalue weighted by Crippen LogP contribution is 2.42. The van der Waals surface area contributed by atoms with E-state index in [-0.39, 0.29) is 0 Å². The molecule has 0 aliphatic rings. The predicted molar refractivity (Wildman–Crippen MR) is 109 cm³/mol. The monoisotopic (exact) mass is 408 g/mol. The van der Waals surface area contributed by atoms with Gasteiger partial charge in [0, 0.05) is 16.4 Å². The largest absolute Gasteiger partial charge is 0.411 e. The molecule has 0 aliphatic heterocycles.